The van der Waals surface area contributed by atoms with E-state index in [9.17, 15) is 19.2 Å². The Kier molecular flexibility index (Phi) is 4.00. The highest BCUT2D eigenvalue weighted by molar-refractivity contribution is 6.09. The fraction of sp³-hybridized carbons (Fsp3) is 0.700. The lowest BCUT2D eigenvalue weighted by Gasteiger charge is -2.60. The van der Waals surface area contributed by atoms with Gasteiger partial charge >= 0.3 is 0 Å². The Morgan fingerprint density at radius 1 is 0.643 bits per heavy atom. The molecule has 0 aromatic rings. The van der Waals surface area contributed by atoms with Crippen LogP contribution < -0.4 is 0 Å². The van der Waals surface area contributed by atoms with Crippen molar-refractivity contribution in [1.29, 1.82) is 0 Å². The van der Waals surface area contributed by atoms with Crippen molar-refractivity contribution in [2.45, 2.75) is 12.8 Å². The minimum Gasteiger partial charge on any atom is -0.396 e. The van der Waals surface area contributed by atoms with Crippen molar-refractivity contribution < 1.29 is 29.4 Å². The first-order valence-corrected chi connectivity index (χ1v) is 10.1. The molecule has 4 fully saturated rings. The van der Waals surface area contributed by atoms with Crippen LogP contribution in [0.2, 0.25) is 0 Å². The second-order valence-corrected chi connectivity index (χ2v) is 8.61. The number of hydrogen-bond acceptors (Lipinski definition) is 6. The number of aliphatic hydroxyl groups excluding tert-OH is 2. The van der Waals surface area contributed by atoms with Gasteiger partial charge in [0.25, 0.3) is 0 Å². The van der Waals surface area contributed by atoms with Crippen LogP contribution in [-0.2, 0) is 19.2 Å². The molecule has 2 saturated heterocycles. The number of carbonyl (C=O) groups excluding carboxylic acids is 4. The molecule has 6 rings (SSSR count). The number of likely N-dealkylation sites (tertiary alicyclic amines) is 2. The third-order valence-electron chi connectivity index (χ3n) is 7.61. The molecular weight excluding hydrogens is 364 g/mol. The SMILES string of the molecule is O=C1[C@@H]2[C@H]3C=C[C@@H]([C@@H]2C(=O)N1CCCO)[C@@H]1[C@@H]2C(=O)N(CCCO)C(=O)[C@H]2[C@H]31. The summed E-state index contributed by atoms with van der Waals surface area (Å²) >= 11 is 0. The highest BCUT2D eigenvalue weighted by Crippen LogP contribution is 2.68. The first kappa shape index (κ1) is 18.0. The topological polar surface area (TPSA) is 115 Å². The number of hydrogen-bond donors (Lipinski definition) is 2. The van der Waals surface area contributed by atoms with Gasteiger partial charge in [0.15, 0.2) is 0 Å². The van der Waals surface area contributed by atoms with Crippen LogP contribution in [0.3, 0.4) is 0 Å². The van der Waals surface area contributed by atoms with Crippen molar-refractivity contribution >= 4 is 23.6 Å². The van der Waals surface area contributed by atoms with Gasteiger partial charge in [-0.3, -0.25) is 29.0 Å². The first-order chi connectivity index (χ1) is 13.5. The maximum Gasteiger partial charge on any atom is 0.233 e. The van der Waals surface area contributed by atoms with Crippen molar-refractivity contribution in [1.82, 2.24) is 9.80 Å². The summed E-state index contributed by atoms with van der Waals surface area (Å²) in [6.45, 7) is 0.279. The van der Waals surface area contributed by atoms with Crippen LogP contribution in [0, 0.1) is 47.3 Å². The Labute approximate surface area is 162 Å². The molecule has 0 radical (unpaired) electrons. The van der Waals surface area contributed by atoms with Gasteiger partial charge in [0.1, 0.15) is 0 Å². The van der Waals surface area contributed by atoms with Gasteiger partial charge in [0.2, 0.25) is 23.6 Å². The molecule has 4 aliphatic carbocycles. The molecule has 2 saturated carbocycles. The number of fused-ring (bicyclic) bond motifs is 1. The van der Waals surface area contributed by atoms with E-state index in [1.807, 2.05) is 12.2 Å². The third kappa shape index (κ3) is 2.02. The van der Waals surface area contributed by atoms with Crippen LogP contribution in [0.4, 0.5) is 0 Å². The molecule has 6 aliphatic rings. The fourth-order valence-corrected chi connectivity index (χ4v) is 6.62. The molecule has 8 nitrogen and oxygen atoms in total. The fourth-order valence-electron chi connectivity index (χ4n) is 6.62. The minimum absolute atomic E-state index is 0.0635. The Balaban J connectivity index is 1.45. The quantitative estimate of drug-likeness (QED) is 0.446. The zero-order chi connectivity index (χ0) is 19.7. The van der Waals surface area contributed by atoms with E-state index in [2.05, 4.69) is 0 Å². The van der Waals surface area contributed by atoms with Gasteiger partial charge in [0, 0.05) is 26.3 Å². The summed E-state index contributed by atoms with van der Waals surface area (Å²) in [6.07, 6.45) is 4.68. The number of amides is 4. The number of nitrogens with zero attached hydrogens (tertiary/aromatic N) is 2. The summed E-state index contributed by atoms with van der Waals surface area (Å²) in [7, 11) is 0. The summed E-state index contributed by atoms with van der Waals surface area (Å²) in [5.41, 5.74) is 0. The van der Waals surface area contributed by atoms with Gasteiger partial charge in [-0.25, -0.2) is 0 Å². The summed E-state index contributed by atoms with van der Waals surface area (Å²) in [5.74, 6) is -2.96. The van der Waals surface area contributed by atoms with Crippen LogP contribution in [0.15, 0.2) is 12.2 Å². The Morgan fingerprint density at radius 3 is 1.36 bits per heavy atom. The van der Waals surface area contributed by atoms with Crippen molar-refractivity contribution in [2.75, 3.05) is 26.3 Å². The molecule has 2 heterocycles. The summed E-state index contributed by atoms with van der Waals surface area (Å²) in [5, 5.41) is 18.1. The van der Waals surface area contributed by atoms with Crippen LogP contribution >= 0.6 is 0 Å². The van der Waals surface area contributed by atoms with Crippen LogP contribution in [0.1, 0.15) is 12.8 Å². The smallest absolute Gasteiger partial charge is 0.233 e. The Bertz CT molecular complexity index is 738. The molecule has 4 amide bonds. The number of allylic oxidation sites excluding steroid dienone is 2. The molecule has 2 bridgehead atoms. The van der Waals surface area contributed by atoms with Crippen molar-refractivity contribution in [2.24, 2.45) is 47.3 Å². The normalized spacial score (nSPS) is 42.8. The molecular formula is C20H24N2O6. The van der Waals surface area contributed by atoms with Crippen molar-refractivity contribution in [3.63, 3.8) is 0 Å². The average molecular weight is 388 g/mol. The molecule has 0 aromatic heterocycles. The molecule has 0 spiro atoms. The lowest BCUT2D eigenvalue weighted by molar-refractivity contribution is -0.166. The van der Waals surface area contributed by atoms with Gasteiger partial charge in [-0.2, -0.15) is 0 Å². The molecule has 0 unspecified atom stereocenters. The molecule has 2 N–H and O–H groups in total. The lowest BCUT2D eigenvalue weighted by Crippen LogP contribution is -2.63. The molecule has 8 atom stereocenters. The van der Waals surface area contributed by atoms with Gasteiger partial charge in [-0.15, -0.1) is 0 Å². The second kappa shape index (κ2) is 6.22. The van der Waals surface area contributed by atoms with E-state index in [1.54, 1.807) is 0 Å². The number of imide groups is 2. The van der Waals surface area contributed by atoms with E-state index >= 15 is 0 Å². The minimum atomic E-state index is -0.446. The summed E-state index contributed by atoms with van der Waals surface area (Å²) < 4.78 is 0. The van der Waals surface area contributed by atoms with E-state index in [1.165, 1.54) is 9.80 Å². The maximum absolute atomic E-state index is 13.0. The monoisotopic (exact) mass is 388 g/mol. The van der Waals surface area contributed by atoms with E-state index < -0.39 is 23.7 Å². The van der Waals surface area contributed by atoms with E-state index in [0.717, 1.165) is 0 Å². The molecule has 150 valence electrons. The Hall–Kier alpha value is -2.06. The summed E-state index contributed by atoms with van der Waals surface area (Å²) in [4.78, 5) is 54.2. The Morgan fingerprint density at radius 2 is 1.00 bits per heavy atom. The predicted octanol–water partition coefficient (Wildman–Crippen LogP) is -0.985. The van der Waals surface area contributed by atoms with Crippen molar-refractivity contribution in [3.05, 3.63) is 12.2 Å². The third-order valence-corrected chi connectivity index (χ3v) is 7.61. The standard InChI is InChI=1S/C20H24N2O6/c23-7-1-5-21-17(25)13-9-3-4-10(14(13)18(21)26)12-11(9)15-16(12)20(28)22(19(15)27)6-2-8-24/h3-4,9-16,23-24H,1-2,5-8H2/t9-,10+,11+,12-,13+,14-,15-,16-/m0/s1. The van der Waals surface area contributed by atoms with Crippen LogP contribution in [0.5, 0.6) is 0 Å². The molecule has 0 aromatic carbocycles. The zero-order valence-electron chi connectivity index (χ0n) is 15.4. The van der Waals surface area contributed by atoms with Gasteiger partial charge in [0.05, 0.1) is 23.7 Å². The highest BCUT2D eigenvalue weighted by Gasteiger charge is 2.74. The van der Waals surface area contributed by atoms with Gasteiger partial charge < -0.3 is 10.2 Å². The average Bonchev–Trinajstić information content (AvgIpc) is 3.03. The zero-order valence-corrected chi connectivity index (χ0v) is 15.4. The maximum atomic E-state index is 13.0. The molecule has 28 heavy (non-hydrogen) atoms. The van der Waals surface area contributed by atoms with Gasteiger partial charge in [-0.1, -0.05) is 12.2 Å². The second-order valence-electron chi connectivity index (χ2n) is 8.61. The molecule has 2 aliphatic heterocycles. The number of aliphatic hydroxyl groups is 2. The number of rotatable bonds is 6. The van der Waals surface area contributed by atoms with E-state index in [-0.39, 0.29) is 73.6 Å². The molecule has 8 heteroatoms. The first-order valence-electron chi connectivity index (χ1n) is 10.1. The lowest BCUT2D eigenvalue weighted by atomic mass is 9.40. The highest BCUT2D eigenvalue weighted by atomic mass is 16.3. The van der Waals surface area contributed by atoms with Crippen LogP contribution in [-0.4, -0.2) is 69.9 Å². The van der Waals surface area contributed by atoms with Crippen LogP contribution in [0.25, 0.3) is 0 Å². The van der Waals surface area contributed by atoms with Crippen molar-refractivity contribution in [3.8, 4) is 0 Å². The predicted molar refractivity (Wildman–Crippen MR) is 93.9 cm³/mol. The van der Waals surface area contributed by atoms with E-state index in [0.29, 0.717) is 12.8 Å². The van der Waals surface area contributed by atoms with E-state index in [4.69, 9.17) is 10.2 Å². The summed E-state index contributed by atoms with van der Waals surface area (Å²) in [6, 6.07) is 0. The number of carbonyl (C=O) groups is 4. The largest absolute Gasteiger partial charge is 0.396 e. The van der Waals surface area contributed by atoms with Gasteiger partial charge in [-0.05, 0) is 36.5 Å².